The maximum atomic E-state index is 13.6. The van der Waals surface area contributed by atoms with Gasteiger partial charge in [-0.2, -0.15) is 4.31 Å². The number of fused-ring (bicyclic) bond motifs is 4. The molecular formula is C23H24N2O3S. The Bertz CT molecular complexity index is 1240. The van der Waals surface area contributed by atoms with Crippen molar-refractivity contribution in [3.63, 3.8) is 0 Å². The molecule has 5 rings (SSSR count). The molecule has 1 aliphatic heterocycles. The molecule has 0 radical (unpaired) electrons. The average molecular weight is 409 g/mol. The average Bonchev–Trinajstić information content (AvgIpc) is 3.11. The Hall–Kier alpha value is -2.44. The van der Waals surface area contributed by atoms with Crippen molar-refractivity contribution in [3.05, 3.63) is 64.3 Å². The minimum absolute atomic E-state index is 0.155. The lowest BCUT2D eigenvalue weighted by Gasteiger charge is -2.28. The molecule has 2 aromatic carbocycles. The summed E-state index contributed by atoms with van der Waals surface area (Å²) in [6.45, 7) is 2.85. The third-order valence-electron chi connectivity index (χ3n) is 6.26. The predicted molar refractivity (Wildman–Crippen MR) is 113 cm³/mol. The highest BCUT2D eigenvalue weighted by atomic mass is 32.2. The van der Waals surface area contributed by atoms with Gasteiger partial charge in [0, 0.05) is 41.7 Å². The number of Topliss-reactive ketones (excluding diaryl/α,β-unsaturated/α-hetero) is 1. The number of sulfonamides is 1. The van der Waals surface area contributed by atoms with Crippen LogP contribution in [0.1, 0.15) is 52.5 Å². The van der Waals surface area contributed by atoms with Crippen molar-refractivity contribution in [1.82, 2.24) is 9.29 Å². The first kappa shape index (κ1) is 18.6. The Morgan fingerprint density at radius 2 is 1.86 bits per heavy atom. The number of ketones is 1. The zero-order chi connectivity index (χ0) is 20.2. The molecule has 0 atom stereocenters. The third kappa shape index (κ3) is 2.93. The maximum absolute atomic E-state index is 13.6. The quantitative estimate of drug-likeness (QED) is 0.712. The highest BCUT2D eigenvalue weighted by Gasteiger charge is 2.31. The van der Waals surface area contributed by atoms with Gasteiger partial charge in [-0.25, -0.2) is 8.42 Å². The Morgan fingerprint density at radius 1 is 1.07 bits per heavy atom. The summed E-state index contributed by atoms with van der Waals surface area (Å²) in [5.41, 5.74) is 5.52. The number of carbonyl (C=O) groups excluding carboxylic acids is 1. The van der Waals surface area contributed by atoms with E-state index in [0.29, 0.717) is 30.8 Å². The van der Waals surface area contributed by atoms with Gasteiger partial charge in [0.15, 0.2) is 5.78 Å². The monoisotopic (exact) mass is 408 g/mol. The summed E-state index contributed by atoms with van der Waals surface area (Å²) in [5.74, 6) is 0.155. The standard InChI is InChI=1S/C23H24N2O3S/c1-2-15-12-18-20(24-19-8-5-9-21(26)23(18)19)13-22(15)29(27,28)25-11-10-16-6-3-4-7-17(16)14-25/h3-4,6-7,12-13,24H,2,5,8-11,14H2,1H3. The zero-order valence-corrected chi connectivity index (χ0v) is 17.3. The predicted octanol–water partition coefficient (Wildman–Crippen LogP) is 4.00. The highest BCUT2D eigenvalue weighted by Crippen LogP contribution is 2.34. The summed E-state index contributed by atoms with van der Waals surface area (Å²) < 4.78 is 28.7. The minimum atomic E-state index is -3.63. The zero-order valence-electron chi connectivity index (χ0n) is 16.5. The number of aromatic amines is 1. The number of H-pyrrole nitrogens is 1. The van der Waals surface area contributed by atoms with Crippen LogP contribution in [0.5, 0.6) is 0 Å². The molecule has 0 fully saturated rings. The SMILES string of the molecule is CCc1cc2c3c([nH]c2cc1S(=O)(=O)N1CCc2ccccc2C1)CCCC3=O. The number of hydrogen-bond donors (Lipinski definition) is 1. The van der Waals surface area contributed by atoms with Crippen LogP contribution in [0.25, 0.3) is 10.9 Å². The fourth-order valence-electron chi connectivity index (χ4n) is 4.71. The Kier molecular flexibility index (Phi) is 4.37. The minimum Gasteiger partial charge on any atom is -0.358 e. The van der Waals surface area contributed by atoms with E-state index in [1.54, 1.807) is 10.4 Å². The topological polar surface area (TPSA) is 70.2 Å². The summed E-state index contributed by atoms with van der Waals surface area (Å²) in [4.78, 5) is 16.1. The van der Waals surface area contributed by atoms with Crippen LogP contribution in [0.2, 0.25) is 0 Å². The molecule has 6 heteroatoms. The number of rotatable bonds is 3. The number of carbonyl (C=O) groups is 1. The molecule has 150 valence electrons. The van der Waals surface area contributed by atoms with Gasteiger partial charge in [0.2, 0.25) is 10.0 Å². The van der Waals surface area contributed by atoms with Crippen molar-refractivity contribution in [2.75, 3.05) is 6.54 Å². The van der Waals surface area contributed by atoms with Gasteiger partial charge in [-0.1, -0.05) is 31.2 Å². The summed E-state index contributed by atoms with van der Waals surface area (Å²) in [6, 6.07) is 11.7. The second kappa shape index (κ2) is 6.82. The van der Waals surface area contributed by atoms with Crippen molar-refractivity contribution in [3.8, 4) is 0 Å². The fourth-order valence-corrected chi connectivity index (χ4v) is 6.43. The number of aryl methyl sites for hydroxylation is 2. The molecule has 1 N–H and O–H groups in total. The molecule has 29 heavy (non-hydrogen) atoms. The summed E-state index contributed by atoms with van der Waals surface area (Å²) in [7, 11) is -3.63. The van der Waals surface area contributed by atoms with E-state index < -0.39 is 10.0 Å². The number of nitrogens with zero attached hydrogens (tertiary/aromatic N) is 1. The van der Waals surface area contributed by atoms with Crippen LogP contribution >= 0.6 is 0 Å². The van der Waals surface area contributed by atoms with Gasteiger partial charge in [-0.15, -0.1) is 0 Å². The number of benzene rings is 2. The molecule has 0 amide bonds. The maximum Gasteiger partial charge on any atom is 0.243 e. The van der Waals surface area contributed by atoms with E-state index in [2.05, 4.69) is 11.1 Å². The van der Waals surface area contributed by atoms with Crippen molar-refractivity contribution in [2.45, 2.75) is 50.5 Å². The molecule has 0 saturated carbocycles. The molecular weight excluding hydrogens is 384 g/mol. The normalized spacial score (nSPS) is 17.3. The van der Waals surface area contributed by atoms with Gasteiger partial charge in [0.1, 0.15) is 0 Å². The van der Waals surface area contributed by atoms with Crippen molar-refractivity contribution >= 4 is 26.7 Å². The van der Waals surface area contributed by atoms with Crippen LogP contribution in [0.4, 0.5) is 0 Å². The first-order valence-corrected chi connectivity index (χ1v) is 11.7. The molecule has 5 nitrogen and oxygen atoms in total. The fraction of sp³-hybridized carbons (Fsp3) is 0.348. The molecule has 2 aliphatic rings. The smallest absolute Gasteiger partial charge is 0.243 e. The van der Waals surface area contributed by atoms with E-state index >= 15 is 0 Å². The summed E-state index contributed by atoms with van der Waals surface area (Å²) in [6.07, 6.45) is 3.57. The first-order chi connectivity index (χ1) is 14.0. The molecule has 1 aromatic heterocycles. The molecule has 3 aromatic rings. The van der Waals surface area contributed by atoms with E-state index in [9.17, 15) is 13.2 Å². The van der Waals surface area contributed by atoms with Gasteiger partial charge in [0.05, 0.1) is 4.90 Å². The lowest BCUT2D eigenvalue weighted by atomic mass is 9.94. The van der Waals surface area contributed by atoms with Crippen LogP contribution in [0, 0.1) is 0 Å². The lowest BCUT2D eigenvalue weighted by Crippen LogP contribution is -2.36. The van der Waals surface area contributed by atoms with E-state index in [1.165, 1.54) is 5.56 Å². The first-order valence-electron chi connectivity index (χ1n) is 10.3. The third-order valence-corrected chi connectivity index (χ3v) is 8.19. The summed E-state index contributed by atoms with van der Waals surface area (Å²) >= 11 is 0. The Morgan fingerprint density at radius 3 is 2.66 bits per heavy atom. The molecule has 0 unspecified atom stereocenters. The van der Waals surface area contributed by atoms with Crippen LogP contribution in [0.15, 0.2) is 41.3 Å². The second-order valence-electron chi connectivity index (χ2n) is 7.97. The van der Waals surface area contributed by atoms with Gasteiger partial charge < -0.3 is 4.98 Å². The number of hydrogen-bond acceptors (Lipinski definition) is 3. The van der Waals surface area contributed by atoms with E-state index in [-0.39, 0.29) is 5.78 Å². The highest BCUT2D eigenvalue weighted by molar-refractivity contribution is 7.89. The number of nitrogens with one attached hydrogen (secondary N) is 1. The summed E-state index contributed by atoms with van der Waals surface area (Å²) in [5, 5.41) is 0.865. The van der Waals surface area contributed by atoms with E-state index in [0.717, 1.165) is 52.5 Å². The molecule has 0 saturated heterocycles. The van der Waals surface area contributed by atoms with Gasteiger partial charge >= 0.3 is 0 Å². The van der Waals surface area contributed by atoms with Gasteiger partial charge in [0.25, 0.3) is 0 Å². The van der Waals surface area contributed by atoms with Crippen LogP contribution in [-0.4, -0.2) is 30.0 Å². The largest absolute Gasteiger partial charge is 0.358 e. The van der Waals surface area contributed by atoms with Crippen molar-refractivity contribution in [2.24, 2.45) is 0 Å². The van der Waals surface area contributed by atoms with Crippen LogP contribution in [-0.2, 0) is 35.8 Å². The molecule has 0 spiro atoms. The van der Waals surface area contributed by atoms with E-state index in [4.69, 9.17) is 0 Å². The van der Waals surface area contributed by atoms with Gasteiger partial charge in [-0.3, -0.25) is 4.79 Å². The molecule has 1 aliphatic carbocycles. The van der Waals surface area contributed by atoms with Crippen LogP contribution in [0.3, 0.4) is 0 Å². The Labute approximate surface area is 170 Å². The van der Waals surface area contributed by atoms with Crippen LogP contribution < -0.4 is 0 Å². The molecule has 0 bridgehead atoms. The Balaban J connectivity index is 1.61. The number of aromatic nitrogens is 1. The van der Waals surface area contributed by atoms with Crippen molar-refractivity contribution in [1.29, 1.82) is 0 Å². The molecule has 2 heterocycles. The van der Waals surface area contributed by atoms with Gasteiger partial charge in [-0.05, 0) is 54.5 Å². The van der Waals surface area contributed by atoms with Crippen molar-refractivity contribution < 1.29 is 13.2 Å². The lowest BCUT2D eigenvalue weighted by molar-refractivity contribution is 0.0974. The van der Waals surface area contributed by atoms with E-state index in [1.807, 2.05) is 31.2 Å². The second-order valence-corrected chi connectivity index (χ2v) is 9.88.